The van der Waals surface area contributed by atoms with Gasteiger partial charge in [-0.25, -0.2) is 19.9 Å². The van der Waals surface area contributed by atoms with E-state index in [-0.39, 0.29) is 59.8 Å². The molecular formula is C39H52Cl2N6O10S. The van der Waals surface area contributed by atoms with Crippen LogP contribution >= 0.6 is 23.2 Å². The van der Waals surface area contributed by atoms with E-state index in [9.17, 15) is 28.8 Å². The van der Waals surface area contributed by atoms with Gasteiger partial charge in [-0.1, -0.05) is 40.9 Å². The molecule has 3 aliphatic rings. The van der Waals surface area contributed by atoms with Crippen LogP contribution in [0, 0.1) is 18.8 Å². The minimum absolute atomic E-state index is 0.0417. The molecule has 1 aromatic carbocycles. The van der Waals surface area contributed by atoms with Gasteiger partial charge >= 0.3 is 0 Å². The van der Waals surface area contributed by atoms with Crippen LogP contribution in [0.25, 0.3) is 22.1 Å². The lowest BCUT2D eigenvalue weighted by molar-refractivity contribution is -0.161. The smallest absolute Gasteiger partial charge is 0.294 e. The Morgan fingerprint density at radius 2 is 1.26 bits per heavy atom. The molecule has 2 saturated carbocycles. The number of methoxy groups -OCH3 is 1. The lowest BCUT2D eigenvalue weighted by Gasteiger charge is -2.24. The lowest BCUT2D eigenvalue weighted by Crippen LogP contribution is -2.30. The molecule has 19 heteroatoms. The Kier molecular flexibility index (Phi) is 14.6. The highest BCUT2D eigenvalue weighted by molar-refractivity contribution is 7.85. The average Bonchev–Trinajstić information content (AvgIpc) is 3.98. The molecule has 1 aliphatic heterocycles. The van der Waals surface area contributed by atoms with Crippen molar-refractivity contribution in [2.45, 2.75) is 107 Å². The molecule has 318 valence electrons. The van der Waals surface area contributed by atoms with Crippen molar-refractivity contribution in [3.8, 4) is 0 Å². The Hall–Kier alpha value is -3.33. The number of hydrogen-bond donors (Lipinski definition) is 5. The fourth-order valence-corrected chi connectivity index (χ4v) is 8.05. The number of hydrogen-bond acceptors (Lipinski definition) is 13. The quantitative estimate of drug-likeness (QED) is 0.113. The minimum Gasteiger partial charge on any atom is -0.396 e. The highest BCUT2D eigenvalue weighted by Crippen LogP contribution is 2.47. The van der Waals surface area contributed by atoms with Crippen LogP contribution in [-0.4, -0.2) is 119 Å². The summed E-state index contributed by atoms with van der Waals surface area (Å²) in [6, 6.07) is 9.42. The third kappa shape index (κ3) is 10.5. The van der Waals surface area contributed by atoms with E-state index in [1.54, 1.807) is 36.1 Å². The Morgan fingerprint density at radius 1 is 0.793 bits per heavy atom. The zero-order valence-corrected chi connectivity index (χ0v) is 35.7. The number of aromatic nitrogens is 6. The van der Waals surface area contributed by atoms with Crippen LogP contribution in [0.4, 0.5) is 0 Å². The molecule has 0 radical (unpaired) electrons. The highest BCUT2D eigenvalue weighted by atomic mass is 35.5. The Morgan fingerprint density at radius 3 is 1.71 bits per heavy atom. The molecule has 5 heterocycles. The van der Waals surface area contributed by atoms with Gasteiger partial charge in [-0.3, -0.25) is 4.55 Å². The number of fused-ring (bicyclic) bond motifs is 3. The van der Waals surface area contributed by atoms with Gasteiger partial charge in [-0.05, 0) is 78.6 Å². The van der Waals surface area contributed by atoms with Crippen molar-refractivity contribution < 1.29 is 47.6 Å². The molecule has 5 N–H and O–H groups in total. The first-order chi connectivity index (χ1) is 27.2. The van der Waals surface area contributed by atoms with Crippen LogP contribution in [0.1, 0.15) is 65.1 Å². The summed E-state index contributed by atoms with van der Waals surface area (Å²) in [7, 11) is -2.31. The molecule has 0 bridgehead atoms. The van der Waals surface area contributed by atoms with Crippen molar-refractivity contribution in [3.05, 3.63) is 77.3 Å². The van der Waals surface area contributed by atoms with E-state index in [2.05, 4.69) is 24.5 Å². The Bertz CT molecular complexity index is 2250. The summed E-state index contributed by atoms with van der Waals surface area (Å²) < 4.78 is 50.4. The predicted octanol–water partition coefficient (Wildman–Crippen LogP) is 5.19. The van der Waals surface area contributed by atoms with Crippen LogP contribution in [0.5, 0.6) is 0 Å². The third-order valence-corrected chi connectivity index (χ3v) is 11.8. The molecule has 16 nitrogen and oxygen atoms in total. The predicted molar refractivity (Wildman–Crippen MR) is 217 cm³/mol. The van der Waals surface area contributed by atoms with Gasteiger partial charge < -0.3 is 43.8 Å². The summed E-state index contributed by atoms with van der Waals surface area (Å²) in [5.41, 5.74) is 2.41. The van der Waals surface area contributed by atoms with Gasteiger partial charge in [-0.15, -0.1) is 0 Å². The number of aryl methyl sites for hydroxylation is 1. The van der Waals surface area contributed by atoms with Gasteiger partial charge in [0.1, 0.15) is 46.5 Å². The molecule has 0 spiro atoms. The molecule has 8 rings (SSSR count). The largest absolute Gasteiger partial charge is 0.396 e. The van der Waals surface area contributed by atoms with E-state index in [1.165, 1.54) is 24.8 Å². The monoisotopic (exact) mass is 866 g/mol. The van der Waals surface area contributed by atoms with Gasteiger partial charge in [0.25, 0.3) is 10.1 Å². The van der Waals surface area contributed by atoms with E-state index < -0.39 is 28.1 Å². The minimum atomic E-state index is -4.02. The van der Waals surface area contributed by atoms with Gasteiger partial charge in [-0.2, -0.15) is 8.42 Å². The maximum atomic E-state index is 10.5. The third-order valence-electron chi connectivity index (χ3n) is 10.4. The number of aliphatic hydroxyl groups is 4. The number of aliphatic hydroxyl groups excluding tert-OH is 4. The normalized spacial score (nSPS) is 26.3. The van der Waals surface area contributed by atoms with E-state index in [0.29, 0.717) is 27.8 Å². The standard InChI is InChI=1S/C15H18ClN3O3.C12H14ClN3O3.C7H8O3S.C5H12O/c1-15(2)21-11-8(6-20)5-10(12(11)22-15)19-4-3-9-13(16)17-7-18-14(9)19;13-11-7-1-2-16(12(7)15-5-14-11)8-3-6(4-17)9(18)10(8)19;1-6-2-4-7(5-3-6)11(8,9)10;1-5(2,3)6-4/h3-4,7-8,10-12,20H,5-6H2,1-2H3;1-2,5-6,8-10,17-19H,3-4H2;2-5H,1H3,(H,8,9,10);1-4H3/t8-,10-,11-,12?;6-,8-,9-,10?;;/m11../s1. The van der Waals surface area contributed by atoms with E-state index in [0.717, 1.165) is 23.0 Å². The van der Waals surface area contributed by atoms with Gasteiger partial charge in [0, 0.05) is 44.6 Å². The van der Waals surface area contributed by atoms with Crippen LogP contribution < -0.4 is 0 Å². The first-order valence-electron chi connectivity index (χ1n) is 18.7. The molecule has 2 aliphatic carbocycles. The zero-order chi connectivity index (χ0) is 42.7. The van der Waals surface area contributed by atoms with Crippen LogP contribution in [0.15, 0.2) is 66.3 Å². The van der Waals surface area contributed by atoms with Crippen molar-refractivity contribution in [2.24, 2.45) is 11.8 Å². The van der Waals surface area contributed by atoms with Crippen molar-refractivity contribution >= 4 is 55.4 Å². The van der Waals surface area contributed by atoms with Crippen LogP contribution in [-0.2, 0) is 24.3 Å². The number of ether oxygens (including phenoxy) is 3. The molecule has 58 heavy (non-hydrogen) atoms. The SMILES string of the molecule is CC1(C)OC2[C@H](n3ccc4c(Cl)ncnc43)C[C@H](CO)[C@H]2O1.COC(C)(C)C.Cc1ccc(S(=O)(=O)O)cc1.OC[C@H]1C[C@@H](n2ccc3c(Cl)ncnc32)C(O)[C@@H]1O. The molecule has 8 atom stereocenters. The molecule has 0 amide bonds. The second-order valence-corrected chi connectivity index (χ2v) is 18.0. The maximum absolute atomic E-state index is 10.5. The average molecular weight is 868 g/mol. The van der Waals surface area contributed by atoms with Crippen LogP contribution in [0.3, 0.4) is 0 Å². The summed E-state index contributed by atoms with van der Waals surface area (Å²) in [5, 5.41) is 41.2. The summed E-state index contributed by atoms with van der Waals surface area (Å²) in [5.74, 6) is -0.891. The summed E-state index contributed by atoms with van der Waals surface area (Å²) >= 11 is 12.1. The first-order valence-corrected chi connectivity index (χ1v) is 20.9. The van der Waals surface area contributed by atoms with E-state index in [4.69, 9.17) is 42.0 Å². The van der Waals surface area contributed by atoms with E-state index in [1.807, 2.05) is 53.8 Å². The zero-order valence-electron chi connectivity index (χ0n) is 33.3. The van der Waals surface area contributed by atoms with Crippen molar-refractivity contribution in [1.82, 2.24) is 29.1 Å². The lowest BCUT2D eigenvalue weighted by atomic mass is 10.1. The first kappa shape index (κ1) is 45.7. The summed E-state index contributed by atoms with van der Waals surface area (Å²) in [6.07, 6.45) is 5.78. The Labute approximate surface area is 347 Å². The number of halogens is 2. The van der Waals surface area contributed by atoms with Gasteiger partial charge in [0.15, 0.2) is 5.79 Å². The van der Waals surface area contributed by atoms with E-state index >= 15 is 0 Å². The summed E-state index contributed by atoms with van der Waals surface area (Å²) in [4.78, 5) is 16.4. The fraction of sp³-hybridized carbons (Fsp3) is 0.538. The molecule has 4 aromatic heterocycles. The molecular weight excluding hydrogens is 815 g/mol. The fourth-order valence-electron chi connectivity index (χ4n) is 7.19. The molecule has 2 unspecified atom stereocenters. The van der Waals surface area contributed by atoms with Crippen LogP contribution in [0.2, 0.25) is 10.3 Å². The molecule has 5 aromatic rings. The topological polar surface area (TPSA) is 224 Å². The second-order valence-electron chi connectivity index (χ2n) is 15.9. The van der Waals surface area contributed by atoms with Gasteiger partial charge in [0.05, 0.1) is 45.6 Å². The molecule has 3 fully saturated rings. The summed E-state index contributed by atoms with van der Waals surface area (Å²) in [6.45, 7) is 11.7. The second kappa shape index (κ2) is 18.5. The highest BCUT2D eigenvalue weighted by Gasteiger charge is 2.54. The Balaban J connectivity index is 0.000000162. The van der Waals surface area contributed by atoms with Crippen molar-refractivity contribution in [3.63, 3.8) is 0 Å². The maximum Gasteiger partial charge on any atom is 0.294 e. The molecule has 1 saturated heterocycles. The van der Waals surface area contributed by atoms with Gasteiger partial charge in [0.2, 0.25) is 0 Å². The van der Waals surface area contributed by atoms with Crippen molar-refractivity contribution in [1.29, 1.82) is 0 Å². The number of benzene rings is 1. The number of rotatable bonds is 5. The van der Waals surface area contributed by atoms with Crippen molar-refractivity contribution in [2.75, 3.05) is 20.3 Å². The number of nitrogens with zero attached hydrogens (tertiary/aromatic N) is 6.